The first-order valence-corrected chi connectivity index (χ1v) is 14.5. The van der Waals surface area contributed by atoms with Crippen LogP contribution in [0, 0.1) is 0 Å². The molecule has 40 heavy (non-hydrogen) atoms. The van der Waals surface area contributed by atoms with E-state index in [0.29, 0.717) is 36.5 Å². The number of hydrogen-bond donors (Lipinski definition) is 1. The lowest BCUT2D eigenvalue weighted by Gasteiger charge is -2.35. The van der Waals surface area contributed by atoms with E-state index < -0.39 is 5.63 Å². The zero-order valence-corrected chi connectivity index (χ0v) is 26.3. The Morgan fingerprint density at radius 2 is 1.82 bits per heavy atom. The van der Waals surface area contributed by atoms with Gasteiger partial charge in [0.1, 0.15) is 11.3 Å². The van der Waals surface area contributed by atoms with E-state index >= 15 is 0 Å². The molecular weight excluding hydrogens is 576 g/mol. The van der Waals surface area contributed by atoms with Crippen molar-refractivity contribution in [3.8, 4) is 11.5 Å². The molecule has 0 amide bonds. The Kier molecular flexibility index (Phi) is 11.2. The van der Waals surface area contributed by atoms with E-state index in [-0.39, 0.29) is 33.9 Å². The summed E-state index contributed by atoms with van der Waals surface area (Å²) in [7, 11) is 0. The van der Waals surface area contributed by atoms with E-state index in [1.165, 1.54) is 56.0 Å². The second kappa shape index (κ2) is 14.0. The molecule has 2 aromatic heterocycles. The number of halogens is 1. The van der Waals surface area contributed by atoms with Crippen LogP contribution in [-0.2, 0) is 24.3 Å². The number of benzene rings is 1. The van der Waals surface area contributed by atoms with Gasteiger partial charge >= 0.3 is 5.63 Å². The molecule has 1 aliphatic heterocycles. The number of hydrogen-bond acceptors (Lipinski definition) is 7. The number of nitrogens with zero attached hydrogens (tertiary/aromatic N) is 4. The molecule has 1 aromatic carbocycles. The van der Waals surface area contributed by atoms with Gasteiger partial charge in [-0.3, -0.25) is 0 Å². The Bertz CT molecular complexity index is 1310. The van der Waals surface area contributed by atoms with E-state index in [9.17, 15) is 9.90 Å². The monoisotopic (exact) mass is 620 g/mol. The first-order chi connectivity index (χ1) is 18.7. The van der Waals surface area contributed by atoms with Gasteiger partial charge in [-0.15, -0.1) is 5.10 Å². The SMILES string of the molecule is CC[N+](CC)(CC)CCCCCCOCc1cn(Cc2cc(=O)oc3c(O)c4c(cc23)CCC(C)(C)O4)nn1.[Br-]. The number of aryl methyl sites for hydroxylation is 1. The maximum absolute atomic E-state index is 12.3. The number of phenols is 1. The van der Waals surface area contributed by atoms with Crippen LogP contribution in [0.15, 0.2) is 27.5 Å². The minimum atomic E-state index is -0.532. The van der Waals surface area contributed by atoms with E-state index in [1.807, 2.05) is 26.1 Å². The van der Waals surface area contributed by atoms with Crippen LogP contribution in [0.5, 0.6) is 11.5 Å². The highest BCUT2D eigenvalue weighted by molar-refractivity contribution is 5.89. The van der Waals surface area contributed by atoms with Gasteiger partial charge in [-0.2, -0.15) is 0 Å². The van der Waals surface area contributed by atoms with Crippen molar-refractivity contribution in [1.29, 1.82) is 0 Å². The third-order valence-electron chi connectivity index (χ3n) is 8.35. The van der Waals surface area contributed by atoms with Gasteiger partial charge in [0.25, 0.3) is 0 Å². The van der Waals surface area contributed by atoms with Crippen molar-refractivity contribution >= 4 is 11.0 Å². The highest BCUT2D eigenvalue weighted by atomic mass is 79.9. The van der Waals surface area contributed by atoms with Gasteiger partial charge in [-0.05, 0) is 83.9 Å². The molecule has 9 nitrogen and oxygen atoms in total. The number of unbranched alkanes of at least 4 members (excludes halogenated alkanes) is 3. The highest BCUT2D eigenvalue weighted by Crippen LogP contribution is 2.44. The van der Waals surface area contributed by atoms with Crippen molar-refractivity contribution < 1.29 is 40.5 Å². The molecule has 3 aromatic rings. The summed E-state index contributed by atoms with van der Waals surface area (Å²) in [5.41, 5.74) is 1.57. The number of ether oxygens (including phenoxy) is 2. The van der Waals surface area contributed by atoms with Crippen LogP contribution < -0.4 is 27.3 Å². The Morgan fingerprint density at radius 1 is 1.10 bits per heavy atom. The van der Waals surface area contributed by atoms with Crippen molar-refractivity contribution in [2.45, 2.75) is 91.9 Å². The van der Waals surface area contributed by atoms with E-state index in [1.54, 1.807) is 4.68 Å². The second-order valence-corrected chi connectivity index (χ2v) is 11.4. The maximum atomic E-state index is 12.3. The minimum absolute atomic E-state index is 0. The molecule has 10 heteroatoms. The highest BCUT2D eigenvalue weighted by Gasteiger charge is 2.31. The number of fused-ring (bicyclic) bond motifs is 2. The van der Waals surface area contributed by atoms with Gasteiger partial charge in [0, 0.05) is 18.1 Å². The number of rotatable bonds is 14. The summed E-state index contributed by atoms with van der Waals surface area (Å²) in [6.07, 6.45) is 8.16. The molecular formula is C30H45BrN4O5. The van der Waals surface area contributed by atoms with Crippen LogP contribution in [-0.4, -0.2) is 63.0 Å². The number of aromatic nitrogens is 3. The average Bonchev–Trinajstić information content (AvgIpc) is 3.36. The summed E-state index contributed by atoms with van der Waals surface area (Å²) in [6.45, 7) is 17.2. The smallest absolute Gasteiger partial charge is 0.336 e. The lowest BCUT2D eigenvalue weighted by molar-refractivity contribution is -0.923. The molecule has 0 aliphatic carbocycles. The van der Waals surface area contributed by atoms with Crippen molar-refractivity contribution in [3.05, 3.63) is 45.6 Å². The Hall–Kier alpha value is -2.43. The van der Waals surface area contributed by atoms with E-state index in [4.69, 9.17) is 13.9 Å². The lowest BCUT2D eigenvalue weighted by Crippen LogP contribution is -3.00. The predicted molar refractivity (Wildman–Crippen MR) is 151 cm³/mol. The van der Waals surface area contributed by atoms with Crippen LogP contribution >= 0.6 is 0 Å². The summed E-state index contributed by atoms with van der Waals surface area (Å²) < 4.78 is 20.1. The molecule has 222 valence electrons. The molecule has 0 saturated carbocycles. The lowest BCUT2D eigenvalue weighted by atomic mass is 9.92. The number of quaternary nitrogens is 1. The van der Waals surface area contributed by atoms with Crippen LogP contribution in [0.3, 0.4) is 0 Å². The first-order valence-electron chi connectivity index (χ1n) is 14.5. The fourth-order valence-electron chi connectivity index (χ4n) is 5.56. The Morgan fingerprint density at radius 3 is 2.55 bits per heavy atom. The van der Waals surface area contributed by atoms with Gasteiger partial charge in [-0.25, -0.2) is 9.48 Å². The molecule has 0 saturated heterocycles. The van der Waals surface area contributed by atoms with Crippen molar-refractivity contribution in [2.24, 2.45) is 0 Å². The Balaban J connectivity index is 0.00000441. The summed E-state index contributed by atoms with van der Waals surface area (Å²) in [6, 6.07) is 3.40. The van der Waals surface area contributed by atoms with Gasteiger partial charge in [-0.1, -0.05) is 11.6 Å². The predicted octanol–water partition coefficient (Wildman–Crippen LogP) is 2.20. The molecule has 4 rings (SSSR count). The maximum Gasteiger partial charge on any atom is 0.336 e. The largest absolute Gasteiger partial charge is 1.00 e. The number of phenolic OH excluding ortho intramolecular Hbond substituents is 1. The topological polar surface area (TPSA) is 99.6 Å². The molecule has 0 bridgehead atoms. The molecule has 0 unspecified atom stereocenters. The van der Waals surface area contributed by atoms with Crippen LogP contribution in [0.25, 0.3) is 11.0 Å². The summed E-state index contributed by atoms with van der Waals surface area (Å²) in [5, 5.41) is 20.0. The zero-order chi connectivity index (χ0) is 28.0. The van der Waals surface area contributed by atoms with E-state index in [0.717, 1.165) is 30.5 Å². The van der Waals surface area contributed by atoms with Gasteiger partial charge in [0.2, 0.25) is 5.75 Å². The van der Waals surface area contributed by atoms with Gasteiger partial charge in [0.15, 0.2) is 11.3 Å². The summed E-state index contributed by atoms with van der Waals surface area (Å²) in [4.78, 5) is 12.3. The first kappa shape index (κ1) is 32.1. The summed E-state index contributed by atoms with van der Waals surface area (Å²) in [5.74, 6) is 0.274. The molecule has 0 radical (unpaired) electrons. The van der Waals surface area contributed by atoms with Crippen molar-refractivity contribution in [3.63, 3.8) is 0 Å². The van der Waals surface area contributed by atoms with Crippen LogP contribution in [0.4, 0.5) is 0 Å². The third-order valence-corrected chi connectivity index (χ3v) is 8.35. The zero-order valence-electron chi connectivity index (χ0n) is 24.7. The minimum Gasteiger partial charge on any atom is -1.00 e. The molecule has 0 spiro atoms. The third kappa shape index (κ3) is 7.64. The van der Waals surface area contributed by atoms with Gasteiger partial charge < -0.3 is 40.5 Å². The summed E-state index contributed by atoms with van der Waals surface area (Å²) >= 11 is 0. The molecule has 1 aliphatic rings. The van der Waals surface area contributed by atoms with Crippen molar-refractivity contribution in [1.82, 2.24) is 15.0 Å². The van der Waals surface area contributed by atoms with Crippen molar-refractivity contribution in [2.75, 3.05) is 32.8 Å². The fraction of sp³-hybridized carbons (Fsp3) is 0.633. The van der Waals surface area contributed by atoms with Crippen LogP contribution in [0.2, 0.25) is 0 Å². The second-order valence-electron chi connectivity index (χ2n) is 11.4. The quantitative estimate of drug-likeness (QED) is 0.168. The van der Waals surface area contributed by atoms with E-state index in [2.05, 4.69) is 31.1 Å². The Labute approximate surface area is 247 Å². The fourth-order valence-corrected chi connectivity index (χ4v) is 5.56. The molecule has 0 atom stereocenters. The standard InChI is InChI=1S/C30H44N4O5.BrH/c1-6-34(7-2,8-3)15-11-9-10-12-16-37-21-24-20-33(32-31-24)19-23-18-26(35)38-29-25(23)17-22-13-14-30(4,5)39-28(22)27(29)36;/h17-18,20H,6-16,19,21H2,1-5H3;1H. The molecule has 0 fully saturated rings. The van der Waals surface area contributed by atoms with Gasteiger partial charge in [0.05, 0.1) is 45.5 Å². The number of aromatic hydroxyl groups is 1. The normalized spacial score (nSPS) is 14.5. The van der Waals surface area contributed by atoms with Crippen LogP contribution in [0.1, 0.15) is 83.5 Å². The molecule has 1 N–H and O–H groups in total. The average molecular weight is 622 g/mol. The molecule has 3 heterocycles.